The predicted molar refractivity (Wildman–Crippen MR) is 77.6 cm³/mol. The quantitative estimate of drug-likeness (QED) is 0.285. The third-order valence-electron chi connectivity index (χ3n) is 2.79. The number of nitrogens with zero attached hydrogens (tertiary/aromatic N) is 4. The van der Waals surface area contributed by atoms with Crippen molar-refractivity contribution in [2.24, 2.45) is 5.84 Å². The van der Waals surface area contributed by atoms with Crippen LogP contribution in [0.4, 0.5) is 11.8 Å². The molecular formula is C11H18N8O2. The minimum absolute atomic E-state index is 0.132. The molecule has 0 aliphatic carbocycles. The van der Waals surface area contributed by atoms with E-state index in [1.54, 1.807) is 25.3 Å². The van der Waals surface area contributed by atoms with E-state index >= 15 is 0 Å². The van der Waals surface area contributed by atoms with Gasteiger partial charge in [0.05, 0.1) is 24.7 Å². The van der Waals surface area contributed by atoms with Gasteiger partial charge in [0.25, 0.3) is 0 Å². The fourth-order valence-electron chi connectivity index (χ4n) is 1.81. The average molecular weight is 294 g/mol. The molecule has 114 valence electrons. The van der Waals surface area contributed by atoms with E-state index in [9.17, 15) is 4.79 Å². The third-order valence-corrected chi connectivity index (χ3v) is 2.79. The van der Waals surface area contributed by atoms with Crippen molar-refractivity contribution in [3.05, 3.63) is 6.20 Å². The van der Waals surface area contributed by atoms with Gasteiger partial charge in [-0.15, -0.1) is 0 Å². The second kappa shape index (κ2) is 6.81. The van der Waals surface area contributed by atoms with Gasteiger partial charge in [0.2, 0.25) is 11.9 Å². The zero-order valence-electron chi connectivity index (χ0n) is 11.9. The van der Waals surface area contributed by atoms with Crippen molar-refractivity contribution < 1.29 is 9.53 Å². The Morgan fingerprint density at radius 3 is 3.05 bits per heavy atom. The topological polar surface area (TPSA) is 134 Å². The number of carbonyl (C=O) groups is 1. The Bertz CT molecular complexity index is 613. The van der Waals surface area contributed by atoms with Crippen molar-refractivity contribution in [3.8, 4) is 0 Å². The van der Waals surface area contributed by atoms with Crippen LogP contribution < -0.4 is 21.5 Å². The van der Waals surface area contributed by atoms with Gasteiger partial charge in [-0.3, -0.25) is 15.3 Å². The summed E-state index contributed by atoms with van der Waals surface area (Å²) < 4.78 is 4.88. The molecule has 0 saturated carbocycles. The van der Waals surface area contributed by atoms with Crippen LogP contribution in [0.1, 0.15) is 0 Å². The molecule has 1 amide bonds. The van der Waals surface area contributed by atoms with E-state index in [1.165, 1.54) is 0 Å². The Balaban J connectivity index is 2.13. The van der Waals surface area contributed by atoms with Gasteiger partial charge in [-0.05, 0) is 0 Å². The highest BCUT2D eigenvalue weighted by atomic mass is 16.5. The first kappa shape index (κ1) is 14.9. The van der Waals surface area contributed by atoms with Gasteiger partial charge in [-0.25, -0.2) is 5.84 Å². The zero-order valence-corrected chi connectivity index (χ0v) is 11.9. The third kappa shape index (κ3) is 3.55. The molecule has 0 aromatic carbocycles. The number of nitrogen functional groups attached to an aromatic ring is 1. The van der Waals surface area contributed by atoms with E-state index in [4.69, 9.17) is 10.6 Å². The van der Waals surface area contributed by atoms with E-state index in [1.807, 2.05) is 0 Å². The first-order valence-electron chi connectivity index (χ1n) is 6.30. The summed E-state index contributed by atoms with van der Waals surface area (Å²) in [5.74, 6) is 6.01. The second-order valence-electron chi connectivity index (χ2n) is 4.35. The van der Waals surface area contributed by atoms with Crippen LogP contribution in [0.15, 0.2) is 6.20 Å². The summed E-state index contributed by atoms with van der Waals surface area (Å²) in [4.78, 5) is 21.9. The number of amides is 1. The lowest BCUT2D eigenvalue weighted by Gasteiger charge is -2.18. The summed E-state index contributed by atoms with van der Waals surface area (Å²) >= 11 is 0. The second-order valence-corrected chi connectivity index (χ2v) is 4.35. The normalized spacial score (nSPS) is 10.6. The Morgan fingerprint density at radius 1 is 1.52 bits per heavy atom. The number of fused-ring (bicyclic) bond motifs is 1. The lowest BCUT2D eigenvalue weighted by Crippen LogP contribution is -2.37. The molecule has 0 radical (unpaired) electrons. The largest absolute Gasteiger partial charge is 0.383 e. The first-order valence-corrected chi connectivity index (χ1v) is 6.30. The molecule has 0 unspecified atom stereocenters. The number of rotatable bonds is 7. The van der Waals surface area contributed by atoms with Crippen LogP contribution in [-0.4, -0.2) is 59.9 Å². The summed E-state index contributed by atoms with van der Waals surface area (Å²) in [6.45, 7) is 1.07. The van der Waals surface area contributed by atoms with E-state index in [0.717, 1.165) is 0 Å². The molecular weight excluding hydrogens is 276 g/mol. The Hall–Kier alpha value is -2.46. The van der Waals surface area contributed by atoms with Crippen LogP contribution in [0.25, 0.3) is 11.0 Å². The molecule has 0 fully saturated rings. The number of likely N-dealkylation sites (N-methyl/N-ethyl adjacent to an activating group) is 1. The summed E-state index contributed by atoms with van der Waals surface area (Å²) in [6.07, 6.45) is 1.60. The molecule has 0 atom stereocenters. The van der Waals surface area contributed by atoms with Crippen molar-refractivity contribution >= 4 is 28.7 Å². The Labute approximate surface area is 121 Å². The monoisotopic (exact) mass is 294 g/mol. The standard InChI is InChI=1S/C11H18N8O2/c1-19(6-8(20)13-3-4-21-2)10-7-5-14-18-9(7)15-11(16-10)17-12/h5H,3-4,6,12H2,1-2H3,(H,13,20)(H2,14,15,16,17,18). The maximum Gasteiger partial charge on any atom is 0.241 e. The van der Waals surface area contributed by atoms with Crippen molar-refractivity contribution in [1.29, 1.82) is 0 Å². The molecule has 10 nitrogen and oxygen atoms in total. The smallest absolute Gasteiger partial charge is 0.241 e. The summed E-state index contributed by atoms with van der Waals surface area (Å²) in [7, 11) is 3.33. The molecule has 0 spiro atoms. The minimum Gasteiger partial charge on any atom is -0.383 e. The first-order chi connectivity index (χ1) is 10.2. The SMILES string of the molecule is COCCNC(=O)CN(C)c1nc(NN)nc2[nH]ncc12. The zero-order chi connectivity index (χ0) is 15.2. The minimum atomic E-state index is -0.132. The Kier molecular flexibility index (Phi) is 4.85. The van der Waals surface area contributed by atoms with E-state index in [2.05, 4.69) is 30.9 Å². The van der Waals surface area contributed by atoms with Crippen LogP contribution in [-0.2, 0) is 9.53 Å². The number of nitrogens with two attached hydrogens (primary N) is 1. The van der Waals surface area contributed by atoms with Crippen LogP contribution in [0, 0.1) is 0 Å². The molecule has 5 N–H and O–H groups in total. The van der Waals surface area contributed by atoms with Crippen LogP contribution in [0.3, 0.4) is 0 Å². The van der Waals surface area contributed by atoms with Crippen molar-refractivity contribution in [2.45, 2.75) is 0 Å². The van der Waals surface area contributed by atoms with Crippen LogP contribution in [0.5, 0.6) is 0 Å². The molecule has 2 rings (SSSR count). The molecule has 2 aromatic rings. The lowest BCUT2D eigenvalue weighted by molar-refractivity contribution is -0.119. The molecule has 2 aromatic heterocycles. The van der Waals surface area contributed by atoms with Crippen LogP contribution in [0.2, 0.25) is 0 Å². The van der Waals surface area contributed by atoms with Crippen LogP contribution >= 0.6 is 0 Å². The number of hydrogen-bond donors (Lipinski definition) is 4. The summed E-state index contributed by atoms with van der Waals surface area (Å²) in [5, 5.41) is 10.1. The van der Waals surface area contributed by atoms with Crippen molar-refractivity contribution in [3.63, 3.8) is 0 Å². The molecule has 0 aliphatic rings. The Morgan fingerprint density at radius 2 is 2.33 bits per heavy atom. The van der Waals surface area contributed by atoms with Gasteiger partial charge >= 0.3 is 0 Å². The van der Waals surface area contributed by atoms with Gasteiger partial charge < -0.3 is 15.0 Å². The maximum atomic E-state index is 11.8. The molecule has 10 heteroatoms. The van der Waals surface area contributed by atoms with Gasteiger partial charge in [-0.1, -0.05) is 0 Å². The summed E-state index contributed by atoms with van der Waals surface area (Å²) in [6, 6.07) is 0. The number of carbonyl (C=O) groups excluding carboxylic acids is 1. The molecule has 0 saturated heterocycles. The van der Waals surface area contributed by atoms with Gasteiger partial charge in [0.15, 0.2) is 5.65 Å². The van der Waals surface area contributed by atoms with Crippen molar-refractivity contribution in [2.75, 3.05) is 44.2 Å². The van der Waals surface area contributed by atoms with Gasteiger partial charge in [-0.2, -0.15) is 15.1 Å². The lowest BCUT2D eigenvalue weighted by atomic mass is 10.3. The fourth-order valence-corrected chi connectivity index (χ4v) is 1.81. The molecule has 21 heavy (non-hydrogen) atoms. The highest BCUT2D eigenvalue weighted by Gasteiger charge is 2.15. The van der Waals surface area contributed by atoms with E-state index in [-0.39, 0.29) is 18.4 Å². The average Bonchev–Trinajstić information content (AvgIpc) is 2.94. The number of H-pyrrole nitrogens is 1. The van der Waals surface area contributed by atoms with Gasteiger partial charge in [0.1, 0.15) is 5.82 Å². The predicted octanol–water partition coefficient (Wildman–Crippen LogP) is -1.16. The fraction of sp³-hybridized carbons (Fsp3) is 0.455. The highest BCUT2D eigenvalue weighted by molar-refractivity contribution is 5.90. The number of aromatic nitrogens is 4. The molecule has 0 aliphatic heterocycles. The van der Waals surface area contributed by atoms with Gasteiger partial charge in [0, 0.05) is 20.7 Å². The molecule has 2 heterocycles. The molecule has 0 bridgehead atoms. The number of aromatic amines is 1. The number of hydrazine groups is 1. The maximum absolute atomic E-state index is 11.8. The number of anilines is 2. The van der Waals surface area contributed by atoms with E-state index < -0.39 is 0 Å². The number of hydrogen-bond acceptors (Lipinski definition) is 8. The highest BCUT2D eigenvalue weighted by Crippen LogP contribution is 2.22. The number of nitrogens with one attached hydrogen (secondary N) is 3. The number of ether oxygens (including phenoxy) is 1. The number of methoxy groups -OCH3 is 1. The summed E-state index contributed by atoms with van der Waals surface area (Å²) in [5.41, 5.74) is 2.93. The van der Waals surface area contributed by atoms with E-state index in [0.29, 0.717) is 30.0 Å². The van der Waals surface area contributed by atoms with Crippen molar-refractivity contribution in [1.82, 2.24) is 25.5 Å².